The number of nitrogens with one attached hydrogen (secondary N) is 1. The minimum atomic E-state index is 0.110. The van der Waals surface area contributed by atoms with Crippen molar-refractivity contribution in [2.75, 3.05) is 13.1 Å². The summed E-state index contributed by atoms with van der Waals surface area (Å²) >= 11 is 1.65. The van der Waals surface area contributed by atoms with Crippen molar-refractivity contribution in [2.45, 2.75) is 32.1 Å². The number of rotatable bonds is 2. The van der Waals surface area contributed by atoms with Crippen LogP contribution in [0.1, 0.15) is 31.7 Å². The molecule has 2 aromatic heterocycles. The Bertz CT molecular complexity index is 480. The fourth-order valence-corrected chi connectivity index (χ4v) is 3.46. The lowest BCUT2D eigenvalue weighted by Crippen LogP contribution is -2.40. The Balaban J connectivity index is 1.92. The van der Waals surface area contributed by atoms with Crippen LogP contribution in [0.25, 0.3) is 4.96 Å². The van der Waals surface area contributed by atoms with Crippen LogP contribution in [0.3, 0.4) is 0 Å². The summed E-state index contributed by atoms with van der Waals surface area (Å²) < 4.78 is 1.78. The zero-order valence-corrected chi connectivity index (χ0v) is 11.0. The third kappa shape index (κ3) is 1.85. The van der Waals surface area contributed by atoms with Gasteiger partial charge in [-0.15, -0.1) is 10.2 Å². The lowest BCUT2D eigenvalue weighted by Gasteiger charge is -2.35. The van der Waals surface area contributed by atoms with Crippen molar-refractivity contribution in [2.24, 2.45) is 5.92 Å². The number of hydrogen-bond donors (Lipinski definition) is 1. The second kappa shape index (κ2) is 4.03. The van der Waals surface area contributed by atoms with Crippen LogP contribution in [0.15, 0.2) is 6.33 Å². The van der Waals surface area contributed by atoms with Gasteiger partial charge in [0.15, 0.2) is 0 Å². The van der Waals surface area contributed by atoms with Crippen molar-refractivity contribution in [3.8, 4) is 0 Å². The SMILES string of the molecule is CC(C)(c1nn2cnnc2s1)C1CCCNC1. The van der Waals surface area contributed by atoms with E-state index in [0.717, 1.165) is 23.1 Å². The molecular weight excluding hydrogens is 234 g/mol. The molecule has 3 heterocycles. The highest BCUT2D eigenvalue weighted by Gasteiger charge is 2.35. The highest BCUT2D eigenvalue weighted by molar-refractivity contribution is 7.16. The van der Waals surface area contributed by atoms with Gasteiger partial charge in [0.1, 0.15) is 11.3 Å². The lowest BCUT2D eigenvalue weighted by atomic mass is 9.75. The van der Waals surface area contributed by atoms with Crippen LogP contribution in [0, 0.1) is 5.92 Å². The fourth-order valence-electron chi connectivity index (χ4n) is 2.46. The quantitative estimate of drug-likeness (QED) is 0.878. The normalized spacial score (nSPS) is 22.1. The van der Waals surface area contributed by atoms with Gasteiger partial charge >= 0.3 is 0 Å². The van der Waals surface area contributed by atoms with Crippen molar-refractivity contribution < 1.29 is 0 Å². The first-order chi connectivity index (χ1) is 8.18. The first kappa shape index (κ1) is 11.1. The Hall–Kier alpha value is -1.01. The van der Waals surface area contributed by atoms with E-state index < -0.39 is 0 Å². The molecule has 3 rings (SSSR count). The molecule has 17 heavy (non-hydrogen) atoms. The van der Waals surface area contributed by atoms with Gasteiger partial charge in [-0.05, 0) is 31.8 Å². The van der Waals surface area contributed by atoms with Crippen LogP contribution in [0.4, 0.5) is 0 Å². The largest absolute Gasteiger partial charge is 0.316 e. The highest BCUT2D eigenvalue weighted by atomic mass is 32.1. The standard InChI is InChI=1S/C11H17N5S/c1-11(2,8-4-3-5-12-6-8)9-15-16-7-13-14-10(16)17-9/h7-8,12H,3-6H2,1-2H3. The number of aromatic nitrogens is 4. The van der Waals surface area contributed by atoms with E-state index in [4.69, 9.17) is 0 Å². The summed E-state index contributed by atoms with van der Waals surface area (Å²) in [5, 5.41) is 17.1. The predicted octanol–water partition coefficient (Wildman–Crippen LogP) is 1.46. The summed E-state index contributed by atoms with van der Waals surface area (Å²) in [5.41, 5.74) is 0.110. The minimum Gasteiger partial charge on any atom is -0.316 e. The van der Waals surface area contributed by atoms with E-state index in [9.17, 15) is 0 Å². The van der Waals surface area contributed by atoms with Crippen LogP contribution in [0.5, 0.6) is 0 Å². The predicted molar refractivity (Wildman–Crippen MR) is 67.3 cm³/mol. The van der Waals surface area contributed by atoms with Gasteiger partial charge in [-0.2, -0.15) is 9.61 Å². The first-order valence-electron chi connectivity index (χ1n) is 6.06. The molecule has 0 bridgehead atoms. The minimum absolute atomic E-state index is 0.110. The Morgan fingerprint density at radius 3 is 3.12 bits per heavy atom. The second-order valence-corrected chi connectivity index (χ2v) is 6.19. The van der Waals surface area contributed by atoms with Crippen LogP contribution in [0.2, 0.25) is 0 Å². The average molecular weight is 251 g/mol. The molecular formula is C11H17N5S. The van der Waals surface area contributed by atoms with Gasteiger partial charge in [-0.3, -0.25) is 0 Å². The molecule has 1 aliphatic heterocycles. The monoisotopic (exact) mass is 251 g/mol. The van der Waals surface area contributed by atoms with E-state index in [1.807, 2.05) is 0 Å². The third-order valence-corrected chi connectivity index (χ3v) is 5.01. The van der Waals surface area contributed by atoms with Gasteiger partial charge in [0.2, 0.25) is 4.96 Å². The van der Waals surface area contributed by atoms with E-state index >= 15 is 0 Å². The Kier molecular flexibility index (Phi) is 2.63. The molecule has 6 heteroatoms. The third-order valence-electron chi connectivity index (χ3n) is 3.76. The second-order valence-electron chi connectivity index (χ2n) is 5.23. The van der Waals surface area contributed by atoms with Crippen molar-refractivity contribution in [1.82, 2.24) is 25.1 Å². The number of hydrogen-bond acceptors (Lipinski definition) is 5. The zero-order chi connectivity index (χ0) is 11.9. The molecule has 0 aliphatic carbocycles. The maximum atomic E-state index is 4.60. The maximum absolute atomic E-state index is 4.60. The Labute approximate surface area is 104 Å². The van der Waals surface area contributed by atoms with Crippen molar-refractivity contribution in [3.63, 3.8) is 0 Å². The van der Waals surface area contributed by atoms with Gasteiger partial charge in [0, 0.05) is 5.41 Å². The van der Waals surface area contributed by atoms with E-state index in [1.165, 1.54) is 12.8 Å². The summed E-state index contributed by atoms with van der Waals surface area (Å²) in [7, 11) is 0. The molecule has 0 aromatic carbocycles. The summed E-state index contributed by atoms with van der Waals surface area (Å²) in [5.74, 6) is 0.653. The number of piperidine rings is 1. The molecule has 5 nitrogen and oxygen atoms in total. The summed E-state index contributed by atoms with van der Waals surface area (Å²) in [4.78, 5) is 0.886. The fraction of sp³-hybridized carbons (Fsp3) is 0.727. The maximum Gasteiger partial charge on any atom is 0.234 e. The van der Waals surface area contributed by atoms with Crippen LogP contribution >= 0.6 is 11.3 Å². The van der Waals surface area contributed by atoms with Crippen LogP contribution in [-0.2, 0) is 5.41 Å². The summed E-state index contributed by atoms with van der Waals surface area (Å²) in [6.45, 7) is 6.82. The van der Waals surface area contributed by atoms with Crippen molar-refractivity contribution in [3.05, 3.63) is 11.3 Å². The summed E-state index contributed by atoms with van der Waals surface area (Å²) in [6.07, 6.45) is 4.21. The van der Waals surface area contributed by atoms with Gasteiger partial charge in [-0.1, -0.05) is 25.2 Å². The Morgan fingerprint density at radius 2 is 2.41 bits per heavy atom. The molecule has 0 saturated carbocycles. The molecule has 1 aliphatic rings. The lowest BCUT2D eigenvalue weighted by molar-refractivity contribution is 0.250. The van der Waals surface area contributed by atoms with E-state index in [2.05, 4.69) is 34.5 Å². The molecule has 0 spiro atoms. The van der Waals surface area contributed by atoms with E-state index in [0.29, 0.717) is 5.92 Å². The van der Waals surface area contributed by atoms with E-state index in [-0.39, 0.29) is 5.41 Å². The van der Waals surface area contributed by atoms with Gasteiger partial charge < -0.3 is 5.32 Å². The molecule has 0 radical (unpaired) electrons. The molecule has 1 atom stereocenters. The topological polar surface area (TPSA) is 55.1 Å². The van der Waals surface area contributed by atoms with Crippen LogP contribution < -0.4 is 5.32 Å². The number of nitrogens with zero attached hydrogens (tertiary/aromatic N) is 4. The zero-order valence-electron chi connectivity index (χ0n) is 10.2. The molecule has 1 unspecified atom stereocenters. The summed E-state index contributed by atoms with van der Waals surface area (Å²) in [6, 6.07) is 0. The van der Waals surface area contributed by atoms with Crippen LogP contribution in [-0.4, -0.2) is 32.9 Å². The molecule has 1 N–H and O–H groups in total. The molecule has 2 aromatic rings. The highest BCUT2D eigenvalue weighted by Crippen LogP contribution is 2.37. The molecule has 1 fully saturated rings. The van der Waals surface area contributed by atoms with Gasteiger partial charge in [0.25, 0.3) is 0 Å². The molecule has 92 valence electrons. The number of fused-ring (bicyclic) bond motifs is 1. The smallest absolute Gasteiger partial charge is 0.234 e. The Morgan fingerprint density at radius 1 is 1.53 bits per heavy atom. The van der Waals surface area contributed by atoms with Gasteiger partial charge in [0.05, 0.1) is 0 Å². The molecule has 0 amide bonds. The van der Waals surface area contributed by atoms with Crippen molar-refractivity contribution >= 4 is 16.3 Å². The first-order valence-corrected chi connectivity index (χ1v) is 6.87. The average Bonchev–Trinajstić information content (AvgIpc) is 2.90. The van der Waals surface area contributed by atoms with Crippen molar-refractivity contribution in [1.29, 1.82) is 0 Å². The van der Waals surface area contributed by atoms with E-state index in [1.54, 1.807) is 22.2 Å². The molecule has 1 saturated heterocycles. The van der Waals surface area contributed by atoms with Gasteiger partial charge in [-0.25, -0.2) is 0 Å².